The highest BCUT2D eigenvalue weighted by molar-refractivity contribution is 5.94. The fourth-order valence-corrected chi connectivity index (χ4v) is 2.12. The van der Waals surface area contributed by atoms with Crippen LogP contribution >= 0.6 is 0 Å². The zero-order valence-corrected chi connectivity index (χ0v) is 14.5. The first-order valence-corrected chi connectivity index (χ1v) is 8.32. The standard InChI is InChI=1S/C20H24N2O3/c1-3-13-24-17-11-9-16(10-12-17)22-20(23)15-21-18-7-5-6-8-19(18)25-14-4-2/h4-12,21H,2-3,13-15H2,1H3,(H,22,23). The van der Waals surface area contributed by atoms with E-state index in [2.05, 4.69) is 24.1 Å². The molecule has 25 heavy (non-hydrogen) atoms. The van der Waals surface area contributed by atoms with Crippen LogP contribution in [0, 0.1) is 0 Å². The van der Waals surface area contributed by atoms with Crippen LogP contribution in [0.25, 0.3) is 0 Å². The van der Waals surface area contributed by atoms with Crippen LogP contribution in [0.2, 0.25) is 0 Å². The van der Waals surface area contributed by atoms with E-state index in [0.29, 0.717) is 19.0 Å². The summed E-state index contributed by atoms with van der Waals surface area (Å²) in [6.45, 7) is 6.93. The molecule has 0 aliphatic rings. The number of nitrogens with one attached hydrogen (secondary N) is 2. The molecule has 0 aliphatic carbocycles. The smallest absolute Gasteiger partial charge is 0.243 e. The van der Waals surface area contributed by atoms with Crippen molar-refractivity contribution in [3.05, 3.63) is 61.2 Å². The molecule has 2 aromatic carbocycles. The van der Waals surface area contributed by atoms with Crippen molar-refractivity contribution in [2.45, 2.75) is 13.3 Å². The molecule has 5 heteroatoms. The molecule has 0 saturated carbocycles. The normalized spacial score (nSPS) is 9.96. The molecule has 2 aromatic rings. The van der Waals surface area contributed by atoms with Gasteiger partial charge in [-0.1, -0.05) is 31.7 Å². The summed E-state index contributed by atoms with van der Waals surface area (Å²) in [5.41, 5.74) is 1.50. The zero-order chi connectivity index (χ0) is 17.9. The Kier molecular flexibility index (Phi) is 7.38. The fraction of sp³-hybridized carbons (Fsp3) is 0.250. The fourth-order valence-electron chi connectivity index (χ4n) is 2.12. The molecule has 0 fully saturated rings. The van der Waals surface area contributed by atoms with E-state index in [-0.39, 0.29) is 12.5 Å². The molecule has 0 heterocycles. The van der Waals surface area contributed by atoms with E-state index in [9.17, 15) is 4.79 Å². The van der Waals surface area contributed by atoms with Crippen molar-refractivity contribution < 1.29 is 14.3 Å². The van der Waals surface area contributed by atoms with Gasteiger partial charge in [-0.3, -0.25) is 4.79 Å². The summed E-state index contributed by atoms with van der Waals surface area (Å²) in [5, 5.41) is 5.93. The van der Waals surface area contributed by atoms with Gasteiger partial charge in [0, 0.05) is 5.69 Å². The van der Waals surface area contributed by atoms with Gasteiger partial charge in [0.2, 0.25) is 5.91 Å². The third-order valence-electron chi connectivity index (χ3n) is 3.29. The molecule has 2 rings (SSSR count). The summed E-state index contributed by atoms with van der Waals surface area (Å²) in [5.74, 6) is 1.35. The van der Waals surface area contributed by atoms with Gasteiger partial charge in [-0.2, -0.15) is 0 Å². The number of para-hydroxylation sites is 2. The monoisotopic (exact) mass is 340 g/mol. The van der Waals surface area contributed by atoms with E-state index in [1.807, 2.05) is 48.5 Å². The van der Waals surface area contributed by atoms with Gasteiger partial charge in [0.15, 0.2) is 0 Å². The van der Waals surface area contributed by atoms with Crippen molar-refractivity contribution in [3.8, 4) is 11.5 Å². The topological polar surface area (TPSA) is 59.6 Å². The van der Waals surface area contributed by atoms with Gasteiger partial charge in [-0.05, 0) is 42.8 Å². The van der Waals surface area contributed by atoms with Crippen molar-refractivity contribution >= 4 is 17.3 Å². The second-order valence-corrected chi connectivity index (χ2v) is 5.37. The number of hydrogen-bond acceptors (Lipinski definition) is 4. The summed E-state index contributed by atoms with van der Waals surface area (Å²) in [6, 6.07) is 14.8. The molecule has 0 saturated heterocycles. The summed E-state index contributed by atoms with van der Waals surface area (Å²) in [7, 11) is 0. The second-order valence-electron chi connectivity index (χ2n) is 5.37. The number of amides is 1. The Hall–Kier alpha value is -2.95. The number of carbonyl (C=O) groups excluding carboxylic acids is 1. The van der Waals surface area contributed by atoms with Crippen LogP contribution in [0.4, 0.5) is 11.4 Å². The molecule has 0 atom stereocenters. The van der Waals surface area contributed by atoms with E-state index in [1.54, 1.807) is 6.08 Å². The Morgan fingerprint density at radius 2 is 1.88 bits per heavy atom. The van der Waals surface area contributed by atoms with Gasteiger partial charge in [0.05, 0.1) is 18.8 Å². The summed E-state index contributed by atoms with van der Waals surface area (Å²) < 4.78 is 11.1. The van der Waals surface area contributed by atoms with Crippen LogP contribution < -0.4 is 20.1 Å². The van der Waals surface area contributed by atoms with Crippen molar-refractivity contribution in [2.24, 2.45) is 0 Å². The summed E-state index contributed by atoms with van der Waals surface area (Å²) in [6.07, 6.45) is 2.64. The second kappa shape index (κ2) is 10.0. The maximum Gasteiger partial charge on any atom is 0.243 e. The van der Waals surface area contributed by atoms with Gasteiger partial charge >= 0.3 is 0 Å². The highest BCUT2D eigenvalue weighted by Crippen LogP contribution is 2.23. The first kappa shape index (κ1) is 18.4. The molecule has 1 amide bonds. The Morgan fingerprint density at radius 3 is 2.60 bits per heavy atom. The van der Waals surface area contributed by atoms with Gasteiger partial charge in [-0.25, -0.2) is 0 Å². The lowest BCUT2D eigenvalue weighted by Gasteiger charge is -2.12. The lowest BCUT2D eigenvalue weighted by atomic mass is 10.3. The molecule has 0 spiro atoms. The largest absolute Gasteiger partial charge is 0.494 e. The number of anilines is 2. The van der Waals surface area contributed by atoms with Crippen LogP contribution in [0.3, 0.4) is 0 Å². The molecule has 132 valence electrons. The highest BCUT2D eigenvalue weighted by atomic mass is 16.5. The van der Waals surface area contributed by atoms with Crippen molar-refractivity contribution in [2.75, 3.05) is 30.4 Å². The van der Waals surface area contributed by atoms with E-state index in [0.717, 1.165) is 23.5 Å². The molecular formula is C20H24N2O3. The van der Waals surface area contributed by atoms with Crippen LogP contribution in [0.15, 0.2) is 61.2 Å². The highest BCUT2D eigenvalue weighted by Gasteiger charge is 2.06. The maximum atomic E-state index is 12.1. The molecule has 2 N–H and O–H groups in total. The molecular weight excluding hydrogens is 316 g/mol. The molecule has 0 aliphatic heterocycles. The average molecular weight is 340 g/mol. The predicted molar refractivity (Wildman–Crippen MR) is 101 cm³/mol. The van der Waals surface area contributed by atoms with Crippen LogP contribution in [-0.4, -0.2) is 25.7 Å². The van der Waals surface area contributed by atoms with Gasteiger partial charge in [0.25, 0.3) is 0 Å². The summed E-state index contributed by atoms with van der Waals surface area (Å²) >= 11 is 0. The minimum Gasteiger partial charge on any atom is -0.494 e. The quantitative estimate of drug-likeness (QED) is 0.640. The first-order chi connectivity index (χ1) is 12.2. The third-order valence-corrected chi connectivity index (χ3v) is 3.29. The van der Waals surface area contributed by atoms with Crippen LogP contribution in [0.1, 0.15) is 13.3 Å². The number of ether oxygens (including phenoxy) is 2. The van der Waals surface area contributed by atoms with Gasteiger partial charge in [0.1, 0.15) is 18.1 Å². The number of benzene rings is 2. The van der Waals surface area contributed by atoms with E-state index in [1.165, 1.54) is 0 Å². The number of carbonyl (C=O) groups is 1. The molecule has 0 radical (unpaired) electrons. The molecule has 5 nitrogen and oxygen atoms in total. The number of hydrogen-bond donors (Lipinski definition) is 2. The Labute approximate surface area is 148 Å². The average Bonchev–Trinajstić information content (AvgIpc) is 2.65. The Bertz CT molecular complexity index is 684. The van der Waals surface area contributed by atoms with E-state index in [4.69, 9.17) is 9.47 Å². The van der Waals surface area contributed by atoms with Gasteiger partial charge < -0.3 is 20.1 Å². The van der Waals surface area contributed by atoms with Gasteiger partial charge in [-0.15, -0.1) is 0 Å². The summed E-state index contributed by atoms with van der Waals surface area (Å²) in [4.78, 5) is 12.1. The molecule has 0 bridgehead atoms. The SMILES string of the molecule is C=CCOc1ccccc1NCC(=O)Nc1ccc(OCCC)cc1. The van der Waals surface area contributed by atoms with Crippen LogP contribution in [0.5, 0.6) is 11.5 Å². The van der Waals surface area contributed by atoms with Crippen molar-refractivity contribution in [1.29, 1.82) is 0 Å². The van der Waals surface area contributed by atoms with Crippen molar-refractivity contribution in [3.63, 3.8) is 0 Å². The van der Waals surface area contributed by atoms with E-state index >= 15 is 0 Å². The molecule has 0 aromatic heterocycles. The lowest BCUT2D eigenvalue weighted by molar-refractivity contribution is -0.114. The Morgan fingerprint density at radius 1 is 1.12 bits per heavy atom. The lowest BCUT2D eigenvalue weighted by Crippen LogP contribution is -2.22. The van der Waals surface area contributed by atoms with E-state index < -0.39 is 0 Å². The molecule has 0 unspecified atom stereocenters. The third kappa shape index (κ3) is 6.22. The first-order valence-electron chi connectivity index (χ1n) is 8.32. The van der Waals surface area contributed by atoms with Crippen LogP contribution in [-0.2, 0) is 4.79 Å². The number of rotatable bonds is 10. The maximum absolute atomic E-state index is 12.1. The van der Waals surface area contributed by atoms with Crippen molar-refractivity contribution in [1.82, 2.24) is 0 Å². The zero-order valence-electron chi connectivity index (χ0n) is 14.5. The predicted octanol–water partition coefficient (Wildman–Crippen LogP) is 4.09. The Balaban J connectivity index is 1.85. The minimum atomic E-state index is -0.138. The minimum absolute atomic E-state index is 0.138.